The highest BCUT2D eigenvalue weighted by Crippen LogP contribution is 2.24. The molecule has 0 spiro atoms. The van der Waals surface area contributed by atoms with Crippen molar-refractivity contribution in [2.24, 2.45) is 0 Å². The van der Waals surface area contributed by atoms with Crippen LogP contribution in [0.3, 0.4) is 0 Å². The second-order valence-electron chi connectivity index (χ2n) is 5.33. The van der Waals surface area contributed by atoms with Crippen LogP contribution in [0.4, 0.5) is 0 Å². The number of thioether (sulfide) groups is 1. The minimum Gasteiger partial charge on any atom is -0.349 e. The van der Waals surface area contributed by atoms with E-state index in [2.05, 4.69) is 15.3 Å². The van der Waals surface area contributed by atoms with Crippen molar-refractivity contribution in [1.82, 2.24) is 15.3 Å². The SMILES string of the molecule is C[C@@H](NC(=O)CSc1ncnc2ccccc12)c1ccc(Cl)cc1. The van der Waals surface area contributed by atoms with Crippen molar-refractivity contribution >= 4 is 40.2 Å². The van der Waals surface area contributed by atoms with Gasteiger partial charge in [0.2, 0.25) is 5.91 Å². The topological polar surface area (TPSA) is 54.9 Å². The quantitative estimate of drug-likeness (QED) is 0.547. The maximum absolute atomic E-state index is 12.2. The molecule has 4 nitrogen and oxygen atoms in total. The summed E-state index contributed by atoms with van der Waals surface area (Å²) in [4.78, 5) is 20.7. The van der Waals surface area contributed by atoms with Gasteiger partial charge in [0.05, 0.1) is 17.3 Å². The largest absolute Gasteiger partial charge is 0.349 e. The normalized spacial score (nSPS) is 12.1. The summed E-state index contributed by atoms with van der Waals surface area (Å²) < 4.78 is 0. The molecule has 122 valence electrons. The molecular formula is C18H16ClN3OS. The predicted molar refractivity (Wildman–Crippen MR) is 98.3 cm³/mol. The number of fused-ring (bicyclic) bond motifs is 1. The van der Waals surface area contributed by atoms with Gasteiger partial charge in [0.15, 0.2) is 0 Å². The van der Waals surface area contributed by atoms with Gasteiger partial charge in [0, 0.05) is 10.4 Å². The number of benzene rings is 2. The average Bonchev–Trinajstić information content (AvgIpc) is 2.60. The molecule has 0 radical (unpaired) electrons. The fourth-order valence-electron chi connectivity index (χ4n) is 2.35. The third-order valence-corrected chi connectivity index (χ3v) is 4.85. The lowest BCUT2D eigenvalue weighted by Gasteiger charge is -2.14. The molecule has 0 fully saturated rings. The Bertz CT molecular complexity index is 849. The third kappa shape index (κ3) is 4.04. The number of carbonyl (C=O) groups excluding carboxylic acids is 1. The van der Waals surface area contributed by atoms with Crippen molar-refractivity contribution in [3.63, 3.8) is 0 Å². The molecule has 1 atom stereocenters. The Morgan fingerprint density at radius 2 is 1.92 bits per heavy atom. The number of hydrogen-bond donors (Lipinski definition) is 1. The second-order valence-corrected chi connectivity index (χ2v) is 6.73. The second kappa shape index (κ2) is 7.64. The Balaban J connectivity index is 1.62. The number of amides is 1. The number of nitrogens with zero attached hydrogens (tertiary/aromatic N) is 2. The molecule has 24 heavy (non-hydrogen) atoms. The molecule has 0 aliphatic heterocycles. The maximum atomic E-state index is 12.2. The lowest BCUT2D eigenvalue weighted by Crippen LogP contribution is -2.28. The number of para-hydroxylation sites is 1. The van der Waals surface area contributed by atoms with Crippen LogP contribution in [0.5, 0.6) is 0 Å². The van der Waals surface area contributed by atoms with Crippen LogP contribution in [0, 0.1) is 0 Å². The third-order valence-electron chi connectivity index (χ3n) is 3.59. The Morgan fingerprint density at radius 1 is 1.17 bits per heavy atom. The van der Waals surface area contributed by atoms with Crippen LogP contribution in [0.15, 0.2) is 59.9 Å². The summed E-state index contributed by atoms with van der Waals surface area (Å²) in [6, 6.07) is 15.2. The molecule has 0 aliphatic carbocycles. The molecule has 6 heteroatoms. The number of nitrogens with one attached hydrogen (secondary N) is 1. The van der Waals surface area contributed by atoms with E-state index in [0.29, 0.717) is 10.8 Å². The molecule has 3 rings (SSSR count). The van der Waals surface area contributed by atoms with Crippen molar-refractivity contribution in [1.29, 1.82) is 0 Å². The van der Waals surface area contributed by atoms with Crippen LogP contribution >= 0.6 is 23.4 Å². The van der Waals surface area contributed by atoms with Crippen molar-refractivity contribution in [2.45, 2.75) is 18.0 Å². The van der Waals surface area contributed by atoms with E-state index in [1.165, 1.54) is 18.1 Å². The first kappa shape index (κ1) is 16.7. The van der Waals surface area contributed by atoms with Gasteiger partial charge in [-0.3, -0.25) is 4.79 Å². The molecule has 1 N–H and O–H groups in total. The Morgan fingerprint density at radius 3 is 2.71 bits per heavy atom. The summed E-state index contributed by atoms with van der Waals surface area (Å²) >= 11 is 7.30. The number of halogens is 1. The van der Waals surface area contributed by atoms with Crippen LogP contribution in [0.2, 0.25) is 5.02 Å². The standard InChI is InChI=1S/C18H16ClN3OS/c1-12(13-6-8-14(19)9-7-13)22-17(23)10-24-18-15-4-2-3-5-16(15)20-11-21-18/h2-9,11-12H,10H2,1H3,(H,22,23)/t12-/m1/s1. The minimum atomic E-state index is -0.0717. The Kier molecular flexibility index (Phi) is 5.33. The van der Waals surface area contributed by atoms with E-state index < -0.39 is 0 Å². The maximum Gasteiger partial charge on any atom is 0.230 e. The molecular weight excluding hydrogens is 342 g/mol. The highest BCUT2D eigenvalue weighted by molar-refractivity contribution is 8.00. The first-order valence-corrected chi connectivity index (χ1v) is 8.87. The van der Waals surface area contributed by atoms with E-state index in [9.17, 15) is 4.79 Å². The van der Waals surface area contributed by atoms with E-state index in [4.69, 9.17) is 11.6 Å². The summed E-state index contributed by atoms with van der Waals surface area (Å²) in [5.74, 6) is 0.268. The van der Waals surface area contributed by atoms with E-state index >= 15 is 0 Å². The van der Waals surface area contributed by atoms with Crippen molar-refractivity contribution in [3.05, 3.63) is 65.4 Å². The van der Waals surface area contributed by atoms with Crippen LogP contribution < -0.4 is 5.32 Å². The smallest absolute Gasteiger partial charge is 0.230 e. The van der Waals surface area contributed by atoms with Crippen LogP contribution in [0.1, 0.15) is 18.5 Å². The van der Waals surface area contributed by atoms with Gasteiger partial charge >= 0.3 is 0 Å². The van der Waals surface area contributed by atoms with Gasteiger partial charge in [-0.25, -0.2) is 9.97 Å². The highest BCUT2D eigenvalue weighted by Gasteiger charge is 2.11. The van der Waals surface area contributed by atoms with Gasteiger partial charge in [0.1, 0.15) is 11.4 Å². The summed E-state index contributed by atoms with van der Waals surface area (Å²) in [5.41, 5.74) is 1.90. The van der Waals surface area contributed by atoms with Gasteiger partial charge in [-0.1, -0.05) is 53.7 Å². The van der Waals surface area contributed by atoms with E-state index in [1.54, 1.807) is 0 Å². The van der Waals surface area contributed by atoms with Crippen molar-refractivity contribution in [3.8, 4) is 0 Å². The summed E-state index contributed by atoms with van der Waals surface area (Å²) in [7, 11) is 0. The Hall–Kier alpha value is -2.11. The van der Waals surface area contributed by atoms with Crippen LogP contribution in [0.25, 0.3) is 10.9 Å². The van der Waals surface area contributed by atoms with E-state index in [0.717, 1.165) is 21.5 Å². The van der Waals surface area contributed by atoms with Gasteiger partial charge < -0.3 is 5.32 Å². The molecule has 0 saturated carbocycles. The van der Waals surface area contributed by atoms with Gasteiger partial charge in [-0.2, -0.15) is 0 Å². The lowest BCUT2D eigenvalue weighted by atomic mass is 10.1. The zero-order valence-electron chi connectivity index (χ0n) is 13.1. The molecule has 1 amide bonds. The fraction of sp³-hybridized carbons (Fsp3) is 0.167. The highest BCUT2D eigenvalue weighted by atomic mass is 35.5. The van der Waals surface area contributed by atoms with E-state index in [1.807, 2.05) is 55.5 Å². The average molecular weight is 358 g/mol. The molecule has 0 bridgehead atoms. The molecule has 2 aromatic carbocycles. The number of carbonyl (C=O) groups is 1. The summed E-state index contributed by atoms with van der Waals surface area (Å²) in [6.45, 7) is 1.95. The van der Waals surface area contributed by atoms with Gasteiger partial charge in [-0.05, 0) is 30.7 Å². The zero-order chi connectivity index (χ0) is 16.9. The van der Waals surface area contributed by atoms with Crippen LogP contribution in [-0.4, -0.2) is 21.6 Å². The molecule has 0 aliphatic rings. The molecule has 3 aromatic rings. The fourth-order valence-corrected chi connectivity index (χ4v) is 3.27. The summed E-state index contributed by atoms with van der Waals surface area (Å²) in [5, 5.41) is 5.45. The zero-order valence-corrected chi connectivity index (χ0v) is 14.6. The van der Waals surface area contributed by atoms with Crippen molar-refractivity contribution < 1.29 is 4.79 Å². The summed E-state index contributed by atoms with van der Waals surface area (Å²) in [6.07, 6.45) is 1.53. The first-order valence-electron chi connectivity index (χ1n) is 7.51. The number of aromatic nitrogens is 2. The monoisotopic (exact) mass is 357 g/mol. The van der Waals surface area contributed by atoms with Gasteiger partial charge in [-0.15, -0.1) is 0 Å². The predicted octanol–water partition coefficient (Wildman–Crippen LogP) is 4.25. The molecule has 1 aromatic heterocycles. The van der Waals surface area contributed by atoms with Gasteiger partial charge in [0.25, 0.3) is 0 Å². The molecule has 1 heterocycles. The molecule has 0 unspecified atom stereocenters. The first-order chi connectivity index (χ1) is 11.6. The lowest BCUT2D eigenvalue weighted by molar-refractivity contribution is -0.119. The number of hydrogen-bond acceptors (Lipinski definition) is 4. The minimum absolute atomic E-state index is 0.0369. The van der Waals surface area contributed by atoms with Crippen LogP contribution in [-0.2, 0) is 4.79 Å². The Labute approximate surface area is 149 Å². The number of rotatable bonds is 5. The van der Waals surface area contributed by atoms with Crippen molar-refractivity contribution in [2.75, 3.05) is 5.75 Å². The molecule has 0 saturated heterocycles. The van der Waals surface area contributed by atoms with E-state index in [-0.39, 0.29) is 11.9 Å².